The summed E-state index contributed by atoms with van der Waals surface area (Å²) < 4.78 is 31.7. The highest BCUT2D eigenvalue weighted by atomic mass is 32.2. The predicted octanol–water partition coefficient (Wildman–Crippen LogP) is 3.17. The van der Waals surface area contributed by atoms with Crippen LogP contribution >= 0.6 is 0 Å². The summed E-state index contributed by atoms with van der Waals surface area (Å²) in [5, 5.41) is 2.83. The third kappa shape index (κ3) is 5.25. The number of nitrogens with one attached hydrogen (secondary N) is 1. The lowest BCUT2D eigenvalue weighted by molar-refractivity contribution is -0.122. The molecular weight excluding hydrogens is 376 g/mol. The van der Waals surface area contributed by atoms with Crippen LogP contribution in [0.4, 0.5) is 5.69 Å². The van der Waals surface area contributed by atoms with Gasteiger partial charge in [-0.1, -0.05) is 30.3 Å². The molecule has 0 fully saturated rings. The Bertz CT molecular complexity index is 941. The van der Waals surface area contributed by atoms with Crippen LogP contribution in [0.2, 0.25) is 0 Å². The summed E-state index contributed by atoms with van der Waals surface area (Å²) >= 11 is 0. The van der Waals surface area contributed by atoms with E-state index in [-0.39, 0.29) is 12.5 Å². The molecule has 2 aromatic rings. The van der Waals surface area contributed by atoms with Crippen LogP contribution in [0.25, 0.3) is 0 Å². The molecule has 0 unspecified atom stereocenters. The molecule has 1 amide bonds. The summed E-state index contributed by atoms with van der Waals surface area (Å²) in [6.45, 7) is 7.98. The largest absolute Gasteiger partial charge is 0.494 e. The summed E-state index contributed by atoms with van der Waals surface area (Å²) in [6.07, 6.45) is 1.11. The molecule has 0 aliphatic carbocycles. The minimum absolute atomic E-state index is 0.254. The van der Waals surface area contributed by atoms with Gasteiger partial charge >= 0.3 is 0 Å². The fourth-order valence-electron chi connectivity index (χ4n) is 3.01. The number of nitrogens with zero attached hydrogens (tertiary/aromatic N) is 1. The molecule has 7 heteroatoms. The lowest BCUT2D eigenvalue weighted by Crippen LogP contribution is -2.48. The first-order valence-electron chi connectivity index (χ1n) is 9.20. The molecule has 6 nitrogen and oxygen atoms in total. The average molecular weight is 405 g/mol. The second-order valence-electron chi connectivity index (χ2n) is 6.78. The normalized spacial score (nSPS) is 12.3. The van der Waals surface area contributed by atoms with Gasteiger partial charge in [0, 0.05) is 12.1 Å². The van der Waals surface area contributed by atoms with E-state index in [9.17, 15) is 13.2 Å². The molecule has 152 valence electrons. The summed E-state index contributed by atoms with van der Waals surface area (Å²) in [6, 6.07) is 12.1. The van der Waals surface area contributed by atoms with E-state index in [4.69, 9.17) is 4.74 Å². The van der Waals surface area contributed by atoms with Crippen molar-refractivity contribution in [3.05, 3.63) is 59.2 Å². The van der Waals surface area contributed by atoms with Crippen LogP contribution in [0.1, 0.15) is 30.5 Å². The molecule has 0 aliphatic rings. The molecule has 0 radical (unpaired) electrons. The number of para-hydroxylation sites is 1. The van der Waals surface area contributed by atoms with Crippen molar-refractivity contribution < 1.29 is 17.9 Å². The molecule has 0 saturated heterocycles. The minimum atomic E-state index is -3.65. The van der Waals surface area contributed by atoms with Gasteiger partial charge in [0.05, 0.1) is 18.6 Å². The van der Waals surface area contributed by atoms with Crippen molar-refractivity contribution in [2.75, 3.05) is 17.2 Å². The van der Waals surface area contributed by atoms with Gasteiger partial charge in [-0.05, 0) is 51.0 Å². The van der Waals surface area contributed by atoms with Gasteiger partial charge in [0.1, 0.15) is 11.8 Å². The van der Waals surface area contributed by atoms with Gasteiger partial charge in [-0.15, -0.1) is 0 Å². The number of hydrogen-bond donors (Lipinski definition) is 1. The highest BCUT2D eigenvalue weighted by Crippen LogP contribution is 2.26. The molecule has 0 heterocycles. The van der Waals surface area contributed by atoms with Crippen molar-refractivity contribution in [3.8, 4) is 5.75 Å². The number of amides is 1. The number of carbonyl (C=O) groups is 1. The monoisotopic (exact) mass is 404 g/mol. The first-order chi connectivity index (χ1) is 13.1. The van der Waals surface area contributed by atoms with Crippen LogP contribution in [0.5, 0.6) is 5.75 Å². The Morgan fingerprint density at radius 2 is 1.86 bits per heavy atom. The van der Waals surface area contributed by atoms with Gasteiger partial charge < -0.3 is 10.1 Å². The van der Waals surface area contributed by atoms with Gasteiger partial charge in [-0.2, -0.15) is 0 Å². The quantitative estimate of drug-likeness (QED) is 0.733. The second kappa shape index (κ2) is 9.10. The fourth-order valence-corrected chi connectivity index (χ4v) is 4.24. The molecular formula is C21H28N2O4S. The first kappa shape index (κ1) is 21.8. The Morgan fingerprint density at radius 3 is 2.50 bits per heavy atom. The molecule has 1 N–H and O–H groups in total. The molecule has 1 atom stereocenters. The topological polar surface area (TPSA) is 75.7 Å². The Morgan fingerprint density at radius 1 is 1.18 bits per heavy atom. The van der Waals surface area contributed by atoms with Crippen LogP contribution in [0, 0.1) is 13.8 Å². The fraction of sp³-hybridized carbons (Fsp3) is 0.381. The maximum absolute atomic E-state index is 12.8. The van der Waals surface area contributed by atoms with Crippen molar-refractivity contribution in [1.82, 2.24) is 5.32 Å². The first-order valence-corrected chi connectivity index (χ1v) is 11.0. The number of ether oxygens (including phenoxy) is 1. The molecule has 0 aliphatic heterocycles. The Balaban J connectivity index is 2.24. The van der Waals surface area contributed by atoms with Gasteiger partial charge in [-0.25, -0.2) is 8.42 Å². The lowest BCUT2D eigenvalue weighted by Gasteiger charge is -2.29. The number of anilines is 1. The van der Waals surface area contributed by atoms with E-state index in [0.717, 1.165) is 22.9 Å². The third-order valence-corrected chi connectivity index (χ3v) is 5.64. The van der Waals surface area contributed by atoms with Gasteiger partial charge in [0.25, 0.3) is 0 Å². The number of benzene rings is 2. The van der Waals surface area contributed by atoms with E-state index in [0.29, 0.717) is 18.0 Å². The van der Waals surface area contributed by atoms with Gasteiger partial charge in [-0.3, -0.25) is 9.10 Å². The molecule has 0 aromatic heterocycles. The molecule has 2 rings (SSSR count). The van der Waals surface area contributed by atoms with Crippen LogP contribution in [-0.4, -0.2) is 33.2 Å². The van der Waals surface area contributed by atoms with Gasteiger partial charge in [0.2, 0.25) is 15.9 Å². The van der Waals surface area contributed by atoms with E-state index in [1.165, 1.54) is 4.31 Å². The number of aryl methyl sites for hydroxylation is 2. The zero-order valence-corrected chi connectivity index (χ0v) is 17.8. The zero-order valence-electron chi connectivity index (χ0n) is 17.0. The van der Waals surface area contributed by atoms with Crippen LogP contribution in [0.3, 0.4) is 0 Å². The summed E-state index contributed by atoms with van der Waals surface area (Å²) in [5.74, 6) is 0.324. The third-order valence-electron chi connectivity index (χ3n) is 4.42. The van der Waals surface area contributed by atoms with Crippen molar-refractivity contribution in [3.63, 3.8) is 0 Å². The number of sulfonamides is 1. The van der Waals surface area contributed by atoms with Crippen molar-refractivity contribution in [1.29, 1.82) is 0 Å². The highest BCUT2D eigenvalue weighted by Gasteiger charge is 2.30. The summed E-state index contributed by atoms with van der Waals surface area (Å²) in [5.41, 5.74) is 3.06. The minimum Gasteiger partial charge on any atom is -0.494 e. The van der Waals surface area contributed by atoms with E-state index >= 15 is 0 Å². The average Bonchev–Trinajstić information content (AvgIpc) is 2.63. The molecule has 28 heavy (non-hydrogen) atoms. The maximum atomic E-state index is 12.8. The predicted molar refractivity (Wildman–Crippen MR) is 112 cm³/mol. The Labute approximate surface area is 167 Å². The molecule has 0 saturated carbocycles. The van der Waals surface area contributed by atoms with Crippen LogP contribution < -0.4 is 14.4 Å². The second-order valence-corrected chi connectivity index (χ2v) is 8.64. The number of rotatable bonds is 8. The lowest BCUT2D eigenvalue weighted by atomic mass is 10.1. The highest BCUT2D eigenvalue weighted by molar-refractivity contribution is 7.92. The Hall–Kier alpha value is -2.54. The molecule has 2 aromatic carbocycles. The Kier molecular flexibility index (Phi) is 7.07. The number of carbonyl (C=O) groups excluding carboxylic acids is 1. The molecule has 0 bridgehead atoms. The summed E-state index contributed by atoms with van der Waals surface area (Å²) in [7, 11) is -3.65. The zero-order chi connectivity index (χ0) is 20.9. The number of hydrogen-bond acceptors (Lipinski definition) is 4. The van der Waals surface area contributed by atoms with Crippen molar-refractivity contribution in [2.45, 2.75) is 40.3 Å². The van der Waals surface area contributed by atoms with E-state index in [1.807, 2.05) is 57.2 Å². The van der Waals surface area contributed by atoms with E-state index < -0.39 is 16.1 Å². The van der Waals surface area contributed by atoms with Crippen LogP contribution in [-0.2, 0) is 21.4 Å². The van der Waals surface area contributed by atoms with Crippen molar-refractivity contribution >= 4 is 21.6 Å². The standard InChI is InChI=1S/C21H28N2O4S/c1-6-27-20-10-8-7-9-18(20)14-22-21(24)17(4)23(28(5,25)26)19-13-15(2)11-12-16(19)3/h7-13,17H,6,14H2,1-5H3,(H,22,24)/t17-/m0/s1. The SMILES string of the molecule is CCOc1ccccc1CNC(=O)[C@H](C)N(c1cc(C)ccc1C)S(C)(=O)=O. The van der Waals surface area contributed by atoms with Crippen molar-refractivity contribution in [2.24, 2.45) is 0 Å². The molecule has 0 spiro atoms. The summed E-state index contributed by atoms with van der Waals surface area (Å²) in [4.78, 5) is 12.8. The maximum Gasteiger partial charge on any atom is 0.243 e. The van der Waals surface area contributed by atoms with E-state index in [2.05, 4.69) is 5.32 Å². The van der Waals surface area contributed by atoms with Gasteiger partial charge in [0.15, 0.2) is 0 Å². The smallest absolute Gasteiger partial charge is 0.243 e. The van der Waals surface area contributed by atoms with Crippen LogP contribution in [0.15, 0.2) is 42.5 Å². The van der Waals surface area contributed by atoms with E-state index in [1.54, 1.807) is 13.0 Å².